The smallest absolute Gasteiger partial charge is 0.257 e. The van der Waals surface area contributed by atoms with Gasteiger partial charge in [-0.05, 0) is 47.7 Å². The van der Waals surface area contributed by atoms with Crippen molar-refractivity contribution in [3.63, 3.8) is 0 Å². The van der Waals surface area contributed by atoms with Gasteiger partial charge < -0.3 is 15.8 Å². The van der Waals surface area contributed by atoms with Crippen molar-refractivity contribution < 1.29 is 14.3 Å². The number of nitrogens with two attached hydrogens (primary N) is 1. The zero-order valence-electron chi connectivity index (χ0n) is 14.6. The minimum absolute atomic E-state index is 0.0673. The van der Waals surface area contributed by atoms with Crippen molar-refractivity contribution in [2.75, 3.05) is 13.2 Å². The highest BCUT2D eigenvalue weighted by molar-refractivity contribution is 5.92. The molecule has 25 heavy (non-hydrogen) atoms. The van der Waals surface area contributed by atoms with Gasteiger partial charge in [-0.1, -0.05) is 38.1 Å². The first-order chi connectivity index (χ1) is 12.0. The van der Waals surface area contributed by atoms with Crippen LogP contribution in [-0.4, -0.2) is 25.0 Å². The summed E-state index contributed by atoms with van der Waals surface area (Å²) in [6.45, 7) is 4.82. The Morgan fingerprint density at radius 1 is 1.04 bits per heavy atom. The van der Waals surface area contributed by atoms with Crippen molar-refractivity contribution in [1.82, 2.24) is 5.32 Å². The second kappa shape index (κ2) is 8.87. The minimum Gasteiger partial charge on any atom is -0.484 e. The number of amides is 2. The van der Waals surface area contributed by atoms with Crippen LogP contribution in [0.5, 0.6) is 5.75 Å². The fourth-order valence-electron chi connectivity index (χ4n) is 2.33. The highest BCUT2D eigenvalue weighted by Crippen LogP contribution is 2.15. The molecule has 132 valence electrons. The Bertz CT molecular complexity index is 707. The van der Waals surface area contributed by atoms with Crippen molar-refractivity contribution in [2.45, 2.75) is 26.2 Å². The maximum absolute atomic E-state index is 11.8. The monoisotopic (exact) mass is 340 g/mol. The molecule has 5 nitrogen and oxygen atoms in total. The Balaban J connectivity index is 1.70. The Morgan fingerprint density at radius 2 is 1.68 bits per heavy atom. The summed E-state index contributed by atoms with van der Waals surface area (Å²) in [5.41, 5.74) is 8.07. The van der Waals surface area contributed by atoms with Gasteiger partial charge in [0, 0.05) is 12.1 Å². The van der Waals surface area contributed by atoms with Gasteiger partial charge in [-0.3, -0.25) is 9.59 Å². The molecule has 5 heteroatoms. The van der Waals surface area contributed by atoms with Crippen LogP contribution < -0.4 is 15.8 Å². The van der Waals surface area contributed by atoms with E-state index in [1.165, 1.54) is 11.1 Å². The minimum atomic E-state index is -0.495. The lowest BCUT2D eigenvalue weighted by Crippen LogP contribution is -2.30. The molecule has 0 atom stereocenters. The molecule has 2 rings (SSSR count). The lowest BCUT2D eigenvalue weighted by atomic mass is 10.0. The molecule has 0 saturated carbocycles. The third-order valence-electron chi connectivity index (χ3n) is 3.89. The molecule has 0 saturated heterocycles. The second-order valence-corrected chi connectivity index (χ2v) is 6.17. The topological polar surface area (TPSA) is 81.4 Å². The van der Waals surface area contributed by atoms with E-state index in [-0.39, 0.29) is 12.5 Å². The second-order valence-electron chi connectivity index (χ2n) is 6.17. The van der Waals surface area contributed by atoms with Gasteiger partial charge in [0.1, 0.15) is 5.75 Å². The Morgan fingerprint density at radius 3 is 2.24 bits per heavy atom. The first kappa shape index (κ1) is 18.5. The summed E-state index contributed by atoms with van der Waals surface area (Å²) in [6, 6.07) is 14.8. The van der Waals surface area contributed by atoms with E-state index in [4.69, 9.17) is 10.5 Å². The first-order valence-corrected chi connectivity index (χ1v) is 8.34. The number of carbonyl (C=O) groups excluding carboxylic acids is 2. The molecule has 3 N–H and O–H groups in total. The van der Waals surface area contributed by atoms with Crippen LogP contribution >= 0.6 is 0 Å². The number of primary amides is 1. The van der Waals surface area contributed by atoms with Crippen LogP contribution in [-0.2, 0) is 11.2 Å². The predicted molar refractivity (Wildman–Crippen MR) is 97.7 cm³/mol. The molecule has 0 heterocycles. The molecular formula is C20H24N2O3. The average Bonchev–Trinajstić information content (AvgIpc) is 2.60. The maximum Gasteiger partial charge on any atom is 0.257 e. The van der Waals surface area contributed by atoms with Crippen LogP contribution in [0.3, 0.4) is 0 Å². The molecule has 2 aromatic rings. The van der Waals surface area contributed by atoms with E-state index < -0.39 is 5.91 Å². The van der Waals surface area contributed by atoms with E-state index in [2.05, 4.69) is 43.4 Å². The molecule has 2 aromatic carbocycles. The van der Waals surface area contributed by atoms with Crippen molar-refractivity contribution in [3.8, 4) is 5.75 Å². The molecule has 2 amide bonds. The molecule has 0 aromatic heterocycles. The number of ether oxygens (including phenoxy) is 1. The molecule has 0 bridgehead atoms. The summed E-state index contributed by atoms with van der Waals surface area (Å²) >= 11 is 0. The van der Waals surface area contributed by atoms with E-state index >= 15 is 0 Å². The quantitative estimate of drug-likeness (QED) is 0.775. The predicted octanol–water partition coefficient (Wildman–Crippen LogP) is 2.65. The summed E-state index contributed by atoms with van der Waals surface area (Å²) in [7, 11) is 0. The van der Waals surface area contributed by atoms with E-state index in [0.29, 0.717) is 23.8 Å². The fraction of sp³-hybridized carbons (Fsp3) is 0.300. The van der Waals surface area contributed by atoms with Gasteiger partial charge >= 0.3 is 0 Å². The van der Waals surface area contributed by atoms with Crippen molar-refractivity contribution in [3.05, 3.63) is 65.2 Å². The third kappa shape index (κ3) is 5.95. The van der Waals surface area contributed by atoms with Crippen molar-refractivity contribution in [1.29, 1.82) is 0 Å². The van der Waals surface area contributed by atoms with Crippen molar-refractivity contribution >= 4 is 11.8 Å². The highest BCUT2D eigenvalue weighted by atomic mass is 16.5. The Hall–Kier alpha value is -2.82. The summed E-state index contributed by atoms with van der Waals surface area (Å²) in [4.78, 5) is 22.8. The van der Waals surface area contributed by atoms with Gasteiger partial charge in [-0.2, -0.15) is 0 Å². The lowest BCUT2D eigenvalue weighted by molar-refractivity contribution is -0.123. The van der Waals surface area contributed by atoms with Crippen LogP contribution in [0.25, 0.3) is 0 Å². The molecule has 0 spiro atoms. The van der Waals surface area contributed by atoms with Gasteiger partial charge in [0.2, 0.25) is 5.91 Å². The largest absolute Gasteiger partial charge is 0.484 e. The summed E-state index contributed by atoms with van der Waals surface area (Å²) in [6.07, 6.45) is 0.775. The third-order valence-corrected chi connectivity index (χ3v) is 3.89. The number of hydrogen-bond acceptors (Lipinski definition) is 3. The fourth-order valence-corrected chi connectivity index (χ4v) is 2.33. The number of hydrogen-bond donors (Lipinski definition) is 2. The van der Waals surface area contributed by atoms with E-state index in [1.807, 2.05) is 0 Å². The van der Waals surface area contributed by atoms with Gasteiger partial charge in [0.25, 0.3) is 5.91 Å². The number of nitrogens with one attached hydrogen (secondary N) is 1. The van der Waals surface area contributed by atoms with Gasteiger partial charge in [0.15, 0.2) is 6.61 Å². The summed E-state index contributed by atoms with van der Waals surface area (Å²) < 4.78 is 5.38. The lowest BCUT2D eigenvalue weighted by Gasteiger charge is -2.09. The molecule has 0 aliphatic carbocycles. The number of carbonyl (C=O) groups is 2. The molecular weight excluding hydrogens is 316 g/mol. The van der Waals surface area contributed by atoms with E-state index in [1.54, 1.807) is 24.3 Å². The average molecular weight is 340 g/mol. The Labute approximate surface area is 148 Å². The van der Waals surface area contributed by atoms with Gasteiger partial charge in [-0.25, -0.2) is 0 Å². The van der Waals surface area contributed by atoms with Gasteiger partial charge in [0.05, 0.1) is 0 Å². The van der Waals surface area contributed by atoms with E-state index in [9.17, 15) is 9.59 Å². The standard InChI is InChI=1S/C20H24N2O3/c1-14(2)16-5-3-15(4-6-16)11-12-22-19(23)13-25-18-9-7-17(8-10-18)20(21)24/h3-10,14H,11-13H2,1-2H3,(H2,21,24)(H,22,23). The van der Waals surface area contributed by atoms with Crippen LogP contribution in [0.1, 0.15) is 41.3 Å². The highest BCUT2D eigenvalue weighted by Gasteiger charge is 2.05. The normalized spacial score (nSPS) is 10.5. The molecule has 0 aliphatic heterocycles. The number of rotatable bonds is 8. The van der Waals surface area contributed by atoms with Crippen molar-refractivity contribution in [2.24, 2.45) is 5.73 Å². The maximum atomic E-state index is 11.8. The van der Waals surface area contributed by atoms with Gasteiger partial charge in [-0.15, -0.1) is 0 Å². The zero-order valence-corrected chi connectivity index (χ0v) is 14.6. The van der Waals surface area contributed by atoms with Crippen LogP contribution in [0, 0.1) is 0 Å². The molecule has 0 radical (unpaired) electrons. The van der Waals surface area contributed by atoms with Crippen LogP contribution in [0.15, 0.2) is 48.5 Å². The first-order valence-electron chi connectivity index (χ1n) is 8.34. The SMILES string of the molecule is CC(C)c1ccc(CCNC(=O)COc2ccc(C(N)=O)cc2)cc1. The molecule has 0 fully saturated rings. The zero-order chi connectivity index (χ0) is 18.2. The number of benzene rings is 2. The van der Waals surface area contributed by atoms with E-state index in [0.717, 1.165) is 6.42 Å². The molecule has 0 aliphatic rings. The van der Waals surface area contributed by atoms with Crippen LogP contribution in [0.2, 0.25) is 0 Å². The summed E-state index contributed by atoms with van der Waals surface area (Å²) in [5, 5.41) is 2.83. The van der Waals surface area contributed by atoms with Crippen LogP contribution in [0.4, 0.5) is 0 Å². The summed E-state index contributed by atoms with van der Waals surface area (Å²) in [5.74, 6) is 0.357. The molecule has 0 unspecified atom stereocenters. The Kier molecular flexibility index (Phi) is 6.57.